The van der Waals surface area contributed by atoms with E-state index in [4.69, 9.17) is 9.47 Å². The standard InChI is InChI=1S/C13H20N2O2/c1-2-14-13-8-11(5-6-15-13)9-16-10-12-4-3-7-17-12/h5-6,8,12H,2-4,7,9-10H2,1H3,(H,14,15). The van der Waals surface area contributed by atoms with Gasteiger partial charge < -0.3 is 14.8 Å². The van der Waals surface area contributed by atoms with E-state index >= 15 is 0 Å². The van der Waals surface area contributed by atoms with Gasteiger partial charge in [-0.05, 0) is 37.5 Å². The summed E-state index contributed by atoms with van der Waals surface area (Å²) in [5.74, 6) is 0.908. The summed E-state index contributed by atoms with van der Waals surface area (Å²) >= 11 is 0. The first-order chi connectivity index (χ1) is 8.38. The van der Waals surface area contributed by atoms with Crippen LogP contribution in [-0.4, -0.2) is 30.8 Å². The summed E-state index contributed by atoms with van der Waals surface area (Å²) in [6.45, 7) is 5.14. The molecule has 1 N–H and O–H groups in total. The minimum Gasteiger partial charge on any atom is -0.376 e. The molecule has 0 aromatic carbocycles. The highest BCUT2D eigenvalue weighted by Crippen LogP contribution is 2.13. The lowest BCUT2D eigenvalue weighted by Gasteiger charge is -2.10. The summed E-state index contributed by atoms with van der Waals surface area (Å²) in [5, 5.41) is 3.19. The van der Waals surface area contributed by atoms with E-state index in [0.717, 1.165) is 37.4 Å². The molecule has 1 unspecified atom stereocenters. The Balaban J connectivity index is 1.75. The molecule has 1 aromatic rings. The van der Waals surface area contributed by atoms with Crippen LogP contribution in [0.2, 0.25) is 0 Å². The fourth-order valence-electron chi connectivity index (χ4n) is 1.93. The Hall–Kier alpha value is -1.13. The van der Waals surface area contributed by atoms with Gasteiger partial charge in [0, 0.05) is 19.3 Å². The summed E-state index contributed by atoms with van der Waals surface area (Å²) < 4.78 is 11.2. The Morgan fingerprint density at radius 2 is 2.53 bits per heavy atom. The largest absolute Gasteiger partial charge is 0.376 e. The molecular weight excluding hydrogens is 216 g/mol. The summed E-state index contributed by atoms with van der Waals surface area (Å²) in [4.78, 5) is 4.22. The van der Waals surface area contributed by atoms with E-state index in [9.17, 15) is 0 Å². The molecule has 1 aliphatic heterocycles. The second-order valence-electron chi connectivity index (χ2n) is 4.23. The van der Waals surface area contributed by atoms with Crippen LogP contribution in [0.25, 0.3) is 0 Å². The molecule has 94 valence electrons. The number of aromatic nitrogens is 1. The molecule has 17 heavy (non-hydrogen) atoms. The van der Waals surface area contributed by atoms with E-state index in [2.05, 4.69) is 17.2 Å². The van der Waals surface area contributed by atoms with Crippen molar-refractivity contribution in [2.75, 3.05) is 25.1 Å². The third-order valence-corrected chi connectivity index (χ3v) is 2.78. The first kappa shape index (κ1) is 12.3. The normalized spacial score (nSPS) is 19.5. The molecule has 2 heterocycles. The monoisotopic (exact) mass is 236 g/mol. The number of anilines is 1. The molecule has 4 heteroatoms. The smallest absolute Gasteiger partial charge is 0.126 e. The van der Waals surface area contributed by atoms with Crippen LogP contribution in [0.3, 0.4) is 0 Å². The molecule has 0 bridgehead atoms. The molecule has 2 rings (SSSR count). The van der Waals surface area contributed by atoms with Crippen LogP contribution in [-0.2, 0) is 16.1 Å². The first-order valence-corrected chi connectivity index (χ1v) is 6.26. The molecule has 1 aliphatic rings. The lowest BCUT2D eigenvalue weighted by Crippen LogP contribution is -2.13. The van der Waals surface area contributed by atoms with Crippen LogP contribution in [0.1, 0.15) is 25.3 Å². The zero-order valence-corrected chi connectivity index (χ0v) is 10.3. The Kier molecular flexibility index (Phi) is 4.76. The highest BCUT2D eigenvalue weighted by molar-refractivity contribution is 5.36. The summed E-state index contributed by atoms with van der Waals surface area (Å²) in [6, 6.07) is 4.01. The van der Waals surface area contributed by atoms with Gasteiger partial charge in [-0.2, -0.15) is 0 Å². The summed E-state index contributed by atoms with van der Waals surface area (Å²) in [6.07, 6.45) is 4.39. The molecular formula is C13H20N2O2. The molecule has 0 aliphatic carbocycles. The van der Waals surface area contributed by atoms with Gasteiger partial charge in [0.2, 0.25) is 0 Å². The van der Waals surface area contributed by atoms with Crippen LogP contribution in [0.4, 0.5) is 5.82 Å². The number of ether oxygens (including phenoxy) is 2. The van der Waals surface area contributed by atoms with E-state index in [1.165, 1.54) is 0 Å². The Labute approximate surface area is 102 Å². The minimum atomic E-state index is 0.296. The van der Waals surface area contributed by atoms with E-state index in [-0.39, 0.29) is 0 Å². The number of rotatable bonds is 6. The van der Waals surface area contributed by atoms with Crippen LogP contribution >= 0.6 is 0 Å². The van der Waals surface area contributed by atoms with Crippen LogP contribution in [0, 0.1) is 0 Å². The molecule has 1 fully saturated rings. The Morgan fingerprint density at radius 1 is 1.59 bits per heavy atom. The third-order valence-electron chi connectivity index (χ3n) is 2.78. The Morgan fingerprint density at radius 3 is 3.29 bits per heavy atom. The van der Waals surface area contributed by atoms with Crippen molar-refractivity contribution in [3.8, 4) is 0 Å². The van der Waals surface area contributed by atoms with Crippen molar-refractivity contribution < 1.29 is 9.47 Å². The van der Waals surface area contributed by atoms with E-state index in [1.807, 2.05) is 18.3 Å². The van der Waals surface area contributed by atoms with Crippen molar-refractivity contribution in [3.05, 3.63) is 23.9 Å². The van der Waals surface area contributed by atoms with Crippen LogP contribution in [0.15, 0.2) is 18.3 Å². The summed E-state index contributed by atoms with van der Waals surface area (Å²) in [7, 11) is 0. The molecule has 0 amide bonds. The predicted octanol–water partition coefficient (Wildman–Crippen LogP) is 2.21. The second kappa shape index (κ2) is 6.57. The average Bonchev–Trinajstić information content (AvgIpc) is 2.83. The van der Waals surface area contributed by atoms with E-state index in [0.29, 0.717) is 19.3 Å². The van der Waals surface area contributed by atoms with Crippen LogP contribution < -0.4 is 5.32 Å². The number of nitrogens with one attached hydrogen (secondary N) is 1. The van der Waals surface area contributed by atoms with Crippen LogP contribution in [0.5, 0.6) is 0 Å². The number of pyridine rings is 1. The molecule has 0 spiro atoms. The van der Waals surface area contributed by atoms with Crippen molar-refractivity contribution in [3.63, 3.8) is 0 Å². The van der Waals surface area contributed by atoms with Gasteiger partial charge in [-0.15, -0.1) is 0 Å². The lowest BCUT2D eigenvalue weighted by molar-refractivity contribution is 0.0106. The third kappa shape index (κ3) is 3.98. The van der Waals surface area contributed by atoms with Crippen molar-refractivity contribution in [2.24, 2.45) is 0 Å². The summed E-state index contributed by atoms with van der Waals surface area (Å²) in [5.41, 5.74) is 1.15. The van der Waals surface area contributed by atoms with Crippen molar-refractivity contribution >= 4 is 5.82 Å². The maximum Gasteiger partial charge on any atom is 0.126 e. The SMILES string of the molecule is CCNc1cc(COCC2CCCO2)ccn1. The maximum atomic E-state index is 5.66. The minimum absolute atomic E-state index is 0.296. The van der Waals surface area contributed by atoms with E-state index < -0.39 is 0 Å². The highest BCUT2D eigenvalue weighted by Gasteiger charge is 2.15. The van der Waals surface area contributed by atoms with Gasteiger partial charge in [-0.25, -0.2) is 4.98 Å². The molecule has 1 atom stereocenters. The molecule has 4 nitrogen and oxygen atoms in total. The molecule has 0 radical (unpaired) electrons. The topological polar surface area (TPSA) is 43.4 Å². The van der Waals surface area contributed by atoms with Crippen molar-refractivity contribution in [1.29, 1.82) is 0 Å². The lowest BCUT2D eigenvalue weighted by atomic mass is 10.2. The van der Waals surface area contributed by atoms with Gasteiger partial charge in [0.1, 0.15) is 5.82 Å². The average molecular weight is 236 g/mol. The number of nitrogens with zero attached hydrogens (tertiary/aromatic N) is 1. The van der Waals surface area contributed by atoms with Gasteiger partial charge in [0.15, 0.2) is 0 Å². The molecule has 1 aromatic heterocycles. The van der Waals surface area contributed by atoms with E-state index in [1.54, 1.807) is 0 Å². The quantitative estimate of drug-likeness (QED) is 0.822. The molecule has 1 saturated heterocycles. The fraction of sp³-hybridized carbons (Fsp3) is 0.615. The predicted molar refractivity (Wildman–Crippen MR) is 67.0 cm³/mol. The first-order valence-electron chi connectivity index (χ1n) is 6.26. The van der Waals surface area contributed by atoms with Crippen molar-refractivity contribution in [1.82, 2.24) is 4.98 Å². The van der Waals surface area contributed by atoms with Gasteiger partial charge in [0.25, 0.3) is 0 Å². The van der Waals surface area contributed by atoms with Crippen molar-refractivity contribution in [2.45, 2.75) is 32.5 Å². The molecule has 0 saturated carbocycles. The Bertz CT molecular complexity index is 338. The van der Waals surface area contributed by atoms with Gasteiger partial charge in [-0.3, -0.25) is 0 Å². The zero-order chi connectivity index (χ0) is 11.9. The van der Waals surface area contributed by atoms with Gasteiger partial charge in [0.05, 0.1) is 19.3 Å². The number of hydrogen-bond donors (Lipinski definition) is 1. The van der Waals surface area contributed by atoms with Gasteiger partial charge >= 0.3 is 0 Å². The zero-order valence-electron chi connectivity index (χ0n) is 10.3. The maximum absolute atomic E-state index is 5.66. The second-order valence-corrected chi connectivity index (χ2v) is 4.23. The van der Waals surface area contributed by atoms with Gasteiger partial charge in [-0.1, -0.05) is 0 Å². The highest BCUT2D eigenvalue weighted by atomic mass is 16.5. The fourth-order valence-corrected chi connectivity index (χ4v) is 1.93. The number of hydrogen-bond acceptors (Lipinski definition) is 4.